The summed E-state index contributed by atoms with van der Waals surface area (Å²) in [5.74, 6) is -0.171. The van der Waals surface area contributed by atoms with Gasteiger partial charge in [-0.05, 0) is 42.6 Å². The minimum Gasteiger partial charge on any atom is -0.349 e. The second-order valence-corrected chi connectivity index (χ2v) is 7.72. The van der Waals surface area contributed by atoms with Crippen LogP contribution in [-0.2, 0) is 24.6 Å². The van der Waals surface area contributed by atoms with E-state index in [1.54, 1.807) is 11.7 Å². The summed E-state index contributed by atoms with van der Waals surface area (Å²) in [6.45, 7) is 3.81. The van der Waals surface area contributed by atoms with Crippen LogP contribution in [-0.4, -0.2) is 25.5 Å². The normalized spacial score (nSPS) is 15.8. The molecule has 10 heteroatoms. The Kier molecular flexibility index (Phi) is 5.38. The number of nitrogens with one attached hydrogen (secondary N) is 1. The zero-order valence-electron chi connectivity index (χ0n) is 15.3. The van der Waals surface area contributed by atoms with Gasteiger partial charge >= 0.3 is 6.18 Å². The van der Waals surface area contributed by atoms with E-state index in [0.717, 1.165) is 24.1 Å². The molecule has 2 heterocycles. The zero-order valence-corrected chi connectivity index (χ0v) is 16.9. The van der Waals surface area contributed by atoms with Crippen molar-refractivity contribution >= 4 is 21.8 Å². The van der Waals surface area contributed by atoms with Gasteiger partial charge in [-0.1, -0.05) is 0 Å². The summed E-state index contributed by atoms with van der Waals surface area (Å²) < 4.78 is 42.4. The third-order valence-electron chi connectivity index (χ3n) is 4.61. The summed E-state index contributed by atoms with van der Waals surface area (Å²) in [7, 11) is 1.80. The molecule has 1 atom stereocenters. The molecule has 2 aromatic rings. The van der Waals surface area contributed by atoms with Gasteiger partial charge in [-0.3, -0.25) is 14.2 Å². The fourth-order valence-electron chi connectivity index (χ4n) is 3.19. The number of carbonyl (C=O) groups excluding carboxylic acids is 1. The third kappa shape index (κ3) is 4.36. The van der Waals surface area contributed by atoms with Gasteiger partial charge in [0, 0.05) is 31.1 Å². The molecular formula is C17H21BrF3N5O. The molecule has 1 amide bonds. The van der Waals surface area contributed by atoms with Crippen LogP contribution in [0, 0.1) is 6.92 Å². The number of aromatic nitrogens is 4. The molecule has 148 valence electrons. The Morgan fingerprint density at radius 3 is 2.59 bits per heavy atom. The highest BCUT2D eigenvalue weighted by molar-refractivity contribution is 9.10. The lowest BCUT2D eigenvalue weighted by molar-refractivity contribution is -0.142. The minimum atomic E-state index is -4.53. The Bertz CT molecular complexity index is 854. The van der Waals surface area contributed by atoms with Crippen LogP contribution < -0.4 is 5.32 Å². The number of alkyl halides is 3. The first kappa shape index (κ1) is 19.9. The molecule has 0 bridgehead atoms. The van der Waals surface area contributed by atoms with Crippen molar-refractivity contribution in [2.75, 3.05) is 0 Å². The van der Waals surface area contributed by atoms with Crippen LogP contribution >= 0.6 is 15.9 Å². The van der Waals surface area contributed by atoms with Gasteiger partial charge < -0.3 is 5.32 Å². The van der Waals surface area contributed by atoms with Gasteiger partial charge in [0.05, 0.1) is 28.4 Å². The van der Waals surface area contributed by atoms with Crippen molar-refractivity contribution in [1.82, 2.24) is 24.9 Å². The predicted molar refractivity (Wildman–Crippen MR) is 96.0 cm³/mol. The summed E-state index contributed by atoms with van der Waals surface area (Å²) in [6, 6.07) is -0.232. The number of rotatable bonds is 6. The van der Waals surface area contributed by atoms with Crippen molar-refractivity contribution in [3.8, 4) is 0 Å². The maximum Gasteiger partial charge on any atom is 0.436 e. The first-order valence-corrected chi connectivity index (χ1v) is 9.50. The molecule has 1 N–H and O–H groups in total. The number of amides is 1. The van der Waals surface area contributed by atoms with Crippen molar-refractivity contribution in [3.05, 3.63) is 33.3 Å². The molecule has 1 fully saturated rings. The summed E-state index contributed by atoms with van der Waals surface area (Å²) in [4.78, 5) is 12.3. The van der Waals surface area contributed by atoms with E-state index in [-0.39, 0.29) is 35.3 Å². The van der Waals surface area contributed by atoms with Crippen molar-refractivity contribution in [2.24, 2.45) is 7.05 Å². The topological polar surface area (TPSA) is 64.7 Å². The molecule has 3 rings (SSSR count). The number of carbonyl (C=O) groups is 1. The van der Waals surface area contributed by atoms with Gasteiger partial charge in [0.1, 0.15) is 0 Å². The van der Waals surface area contributed by atoms with Crippen LogP contribution in [0.15, 0.2) is 10.7 Å². The SMILES string of the molecule is Cc1nn(C)cc1C(C)NC(=O)CCn1nc(C(F)(F)F)c(Br)c1C1CC1. The molecule has 6 nitrogen and oxygen atoms in total. The van der Waals surface area contributed by atoms with E-state index in [2.05, 4.69) is 31.4 Å². The lowest BCUT2D eigenvalue weighted by Crippen LogP contribution is -2.28. The van der Waals surface area contributed by atoms with Gasteiger partial charge in [0.2, 0.25) is 5.91 Å². The zero-order chi connectivity index (χ0) is 19.9. The molecule has 2 aromatic heterocycles. The van der Waals surface area contributed by atoms with Crippen molar-refractivity contribution < 1.29 is 18.0 Å². The number of aryl methyl sites for hydroxylation is 3. The van der Waals surface area contributed by atoms with Gasteiger partial charge in [0.25, 0.3) is 0 Å². The molecule has 27 heavy (non-hydrogen) atoms. The van der Waals surface area contributed by atoms with Crippen LogP contribution in [0.1, 0.15) is 60.8 Å². The van der Waals surface area contributed by atoms with Gasteiger partial charge in [-0.25, -0.2) is 0 Å². The molecule has 1 unspecified atom stereocenters. The Morgan fingerprint density at radius 1 is 1.41 bits per heavy atom. The summed E-state index contributed by atoms with van der Waals surface area (Å²) in [5, 5.41) is 10.8. The Labute approximate surface area is 163 Å². The average Bonchev–Trinajstić information content (AvgIpc) is 3.24. The van der Waals surface area contributed by atoms with Gasteiger partial charge in [-0.2, -0.15) is 23.4 Å². The Hall–Kier alpha value is -1.84. The molecule has 0 saturated heterocycles. The highest BCUT2D eigenvalue weighted by atomic mass is 79.9. The van der Waals surface area contributed by atoms with Crippen molar-refractivity contribution in [2.45, 2.75) is 57.8 Å². The highest BCUT2D eigenvalue weighted by Crippen LogP contribution is 2.47. The standard InChI is InChI=1S/C17H21BrF3N5O/c1-9(12-8-25(3)23-10(12)2)22-13(27)6-7-26-15(11-4-5-11)14(18)16(24-26)17(19,20)21/h8-9,11H,4-7H2,1-3H3,(H,22,27). The second-order valence-electron chi connectivity index (χ2n) is 6.93. The largest absolute Gasteiger partial charge is 0.436 e. The molecule has 1 aliphatic rings. The second kappa shape index (κ2) is 7.29. The van der Waals surface area contributed by atoms with E-state index in [1.165, 1.54) is 4.68 Å². The van der Waals surface area contributed by atoms with E-state index in [0.29, 0.717) is 5.69 Å². The van der Waals surface area contributed by atoms with E-state index in [9.17, 15) is 18.0 Å². The van der Waals surface area contributed by atoms with Crippen LogP contribution in [0.25, 0.3) is 0 Å². The fourth-order valence-corrected chi connectivity index (χ4v) is 4.03. The number of nitrogens with zero attached hydrogens (tertiary/aromatic N) is 4. The molecule has 0 aliphatic heterocycles. The van der Waals surface area contributed by atoms with E-state index in [1.807, 2.05) is 20.0 Å². The van der Waals surface area contributed by atoms with Crippen molar-refractivity contribution in [3.63, 3.8) is 0 Å². The highest BCUT2D eigenvalue weighted by Gasteiger charge is 2.41. The van der Waals surface area contributed by atoms with Gasteiger partial charge in [0.15, 0.2) is 5.69 Å². The van der Waals surface area contributed by atoms with Crippen LogP contribution in [0.2, 0.25) is 0 Å². The fraction of sp³-hybridized carbons (Fsp3) is 0.588. The molecule has 1 saturated carbocycles. The molecule has 0 aromatic carbocycles. The summed E-state index contributed by atoms with van der Waals surface area (Å²) in [5.41, 5.74) is 1.34. The summed E-state index contributed by atoms with van der Waals surface area (Å²) in [6.07, 6.45) is -0.959. The molecular weight excluding hydrogens is 427 g/mol. The van der Waals surface area contributed by atoms with Crippen LogP contribution in [0.5, 0.6) is 0 Å². The lowest BCUT2D eigenvalue weighted by atomic mass is 10.1. The molecule has 0 spiro atoms. The number of halogens is 4. The Balaban J connectivity index is 1.67. The first-order chi connectivity index (χ1) is 12.6. The maximum absolute atomic E-state index is 13.1. The molecule has 1 aliphatic carbocycles. The maximum atomic E-state index is 13.1. The first-order valence-electron chi connectivity index (χ1n) is 8.70. The predicted octanol–water partition coefficient (Wildman–Crippen LogP) is 3.85. The van der Waals surface area contributed by atoms with Crippen LogP contribution in [0.4, 0.5) is 13.2 Å². The van der Waals surface area contributed by atoms with Crippen LogP contribution in [0.3, 0.4) is 0 Å². The van der Waals surface area contributed by atoms with Gasteiger partial charge in [-0.15, -0.1) is 0 Å². The van der Waals surface area contributed by atoms with E-state index < -0.39 is 11.9 Å². The number of hydrogen-bond donors (Lipinski definition) is 1. The Morgan fingerprint density at radius 2 is 2.07 bits per heavy atom. The minimum absolute atomic E-state index is 0.00254. The third-order valence-corrected chi connectivity index (χ3v) is 5.39. The smallest absolute Gasteiger partial charge is 0.349 e. The molecule has 0 radical (unpaired) electrons. The van der Waals surface area contributed by atoms with Crippen molar-refractivity contribution in [1.29, 1.82) is 0 Å². The number of hydrogen-bond acceptors (Lipinski definition) is 3. The summed E-state index contributed by atoms with van der Waals surface area (Å²) >= 11 is 3.05. The average molecular weight is 448 g/mol. The van der Waals surface area contributed by atoms with E-state index >= 15 is 0 Å². The lowest BCUT2D eigenvalue weighted by Gasteiger charge is -2.14. The monoisotopic (exact) mass is 447 g/mol. The quantitative estimate of drug-likeness (QED) is 0.731. The van der Waals surface area contributed by atoms with E-state index in [4.69, 9.17) is 0 Å².